The predicted molar refractivity (Wildman–Crippen MR) is 79.5 cm³/mol. The molecule has 0 aliphatic heterocycles. The summed E-state index contributed by atoms with van der Waals surface area (Å²) in [5.41, 5.74) is 0.548. The van der Waals surface area contributed by atoms with Gasteiger partial charge < -0.3 is 10.4 Å². The van der Waals surface area contributed by atoms with Crippen molar-refractivity contribution < 1.29 is 19.1 Å². The monoisotopic (exact) mass is 313 g/mol. The molecule has 1 rings (SSSR count). The minimum absolute atomic E-state index is 0.0409. The fraction of sp³-hybridized carbons (Fsp3) is 0.333. The standard InChI is InChI=1S/C15H17ClFNO3/c1-9(2)7-13(15(20)21)18-14(19)6-4-10-3-5-12(17)11(16)8-10/h3-6,8-9,13H,7H2,1-2H3,(H,18,19)(H,20,21)/t13-/m1/s1. The second kappa shape index (κ2) is 7.78. The second-order valence-corrected chi connectivity index (χ2v) is 5.44. The van der Waals surface area contributed by atoms with Gasteiger partial charge in [0, 0.05) is 6.08 Å². The number of hydrogen-bond donors (Lipinski definition) is 2. The van der Waals surface area contributed by atoms with Crippen molar-refractivity contribution in [2.24, 2.45) is 5.92 Å². The molecule has 21 heavy (non-hydrogen) atoms. The van der Waals surface area contributed by atoms with Crippen molar-refractivity contribution >= 4 is 29.6 Å². The largest absolute Gasteiger partial charge is 0.480 e. The highest BCUT2D eigenvalue weighted by Crippen LogP contribution is 2.16. The first kappa shape index (κ1) is 17.2. The third-order valence-electron chi connectivity index (χ3n) is 2.69. The maximum Gasteiger partial charge on any atom is 0.326 e. The molecule has 2 N–H and O–H groups in total. The molecule has 0 radical (unpaired) electrons. The van der Waals surface area contributed by atoms with Crippen molar-refractivity contribution in [2.45, 2.75) is 26.3 Å². The number of amides is 1. The minimum atomic E-state index is -1.07. The van der Waals surface area contributed by atoms with Gasteiger partial charge in [-0.15, -0.1) is 0 Å². The van der Waals surface area contributed by atoms with Crippen LogP contribution >= 0.6 is 11.6 Å². The van der Waals surface area contributed by atoms with E-state index in [0.29, 0.717) is 12.0 Å². The van der Waals surface area contributed by atoms with Crippen LogP contribution in [0.15, 0.2) is 24.3 Å². The third kappa shape index (κ3) is 5.95. The predicted octanol–water partition coefficient (Wildman–Crippen LogP) is 3.11. The summed E-state index contributed by atoms with van der Waals surface area (Å²) in [7, 11) is 0. The topological polar surface area (TPSA) is 66.4 Å². The lowest BCUT2D eigenvalue weighted by atomic mass is 10.0. The van der Waals surface area contributed by atoms with Gasteiger partial charge in [-0.25, -0.2) is 9.18 Å². The molecular formula is C15H17ClFNO3. The lowest BCUT2D eigenvalue weighted by Crippen LogP contribution is -2.40. The Morgan fingerprint density at radius 1 is 1.43 bits per heavy atom. The number of nitrogens with one attached hydrogen (secondary N) is 1. The van der Waals surface area contributed by atoms with Crippen molar-refractivity contribution in [3.63, 3.8) is 0 Å². The molecule has 0 spiro atoms. The van der Waals surface area contributed by atoms with Crippen LogP contribution in [0, 0.1) is 11.7 Å². The Balaban J connectivity index is 2.68. The Morgan fingerprint density at radius 2 is 2.10 bits per heavy atom. The molecule has 0 unspecified atom stereocenters. The highest BCUT2D eigenvalue weighted by molar-refractivity contribution is 6.30. The van der Waals surface area contributed by atoms with Crippen LogP contribution in [0.2, 0.25) is 5.02 Å². The first-order chi connectivity index (χ1) is 9.79. The number of rotatable bonds is 6. The summed E-state index contributed by atoms with van der Waals surface area (Å²) in [6, 6.07) is 3.11. The number of carbonyl (C=O) groups is 2. The van der Waals surface area contributed by atoms with Gasteiger partial charge in [-0.3, -0.25) is 4.79 Å². The van der Waals surface area contributed by atoms with Gasteiger partial charge in [-0.05, 0) is 36.1 Å². The normalized spacial score (nSPS) is 12.6. The molecule has 4 nitrogen and oxygen atoms in total. The van der Waals surface area contributed by atoms with Gasteiger partial charge in [0.15, 0.2) is 0 Å². The number of carboxylic acids is 1. The molecule has 0 saturated heterocycles. The van der Waals surface area contributed by atoms with E-state index in [1.54, 1.807) is 0 Å². The quantitative estimate of drug-likeness (QED) is 0.793. The van der Waals surface area contributed by atoms with E-state index < -0.39 is 23.7 Å². The molecule has 6 heteroatoms. The highest BCUT2D eigenvalue weighted by atomic mass is 35.5. The number of halogens is 2. The van der Waals surface area contributed by atoms with E-state index >= 15 is 0 Å². The number of aliphatic carboxylic acids is 1. The van der Waals surface area contributed by atoms with Gasteiger partial charge in [0.25, 0.3) is 0 Å². The van der Waals surface area contributed by atoms with Crippen LogP contribution in [0.5, 0.6) is 0 Å². The zero-order valence-corrected chi connectivity index (χ0v) is 12.5. The van der Waals surface area contributed by atoms with Crippen LogP contribution in [-0.4, -0.2) is 23.0 Å². The van der Waals surface area contributed by atoms with Crippen LogP contribution in [0.1, 0.15) is 25.8 Å². The van der Waals surface area contributed by atoms with E-state index in [1.165, 1.54) is 30.4 Å². The third-order valence-corrected chi connectivity index (χ3v) is 2.98. The molecule has 1 amide bonds. The summed E-state index contributed by atoms with van der Waals surface area (Å²) >= 11 is 5.63. The van der Waals surface area contributed by atoms with Crippen molar-refractivity contribution in [3.05, 3.63) is 40.7 Å². The van der Waals surface area contributed by atoms with Gasteiger partial charge in [0.05, 0.1) is 5.02 Å². The Bertz CT molecular complexity index is 558. The van der Waals surface area contributed by atoms with E-state index in [0.717, 1.165) is 0 Å². The van der Waals surface area contributed by atoms with Gasteiger partial charge in [-0.2, -0.15) is 0 Å². The molecule has 0 saturated carbocycles. The molecule has 0 bridgehead atoms. The molecule has 0 fully saturated rings. The van der Waals surface area contributed by atoms with Gasteiger partial charge >= 0.3 is 5.97 Å². The summed E-state index contributed by atoms with van der Waals surface area (Å²) in [5.74, 6) is -1.99. The van der Waals surface area contributed by atoms with Gasteiger partial charge in [0.1, 0.15) is 11.9 Å². The van der Waals surface area contributed by atoms with Crippen molar-refractivity contribution in [2.75, 3.05) is 0 Å². The van der Waals surface area contributed by atoms with Crippen molar-refractivity contribution in [3.8, 4) is 0 Å². The average molecular weight is 314 g/mol. The highest BCUT2D eigenvalue weighted by Gasteiger charge is 2.19. The maximum atomic E-state index is 13.0. The lowest BCUT2D eigenvalue weighted by Gasteiger charge is -2.15. The Labute approximate surface area is 127 Å². The molecular weight excluding hydrogens is 297 g/mol. The lowest BCUT2D eigenvalue weighted by molar-refractivity contribution is -0.141. The van der Waals surface area contributed by atoms with Gasteiger partial charge in [-0.1, -0.05) is 31.5 Å². The average Bonchev–Trinajstić information content (AvgIpc) is 2.38. The van der Waals surface area contributed by atoms with E-state index in [2.05, 4.69) is 5.32 Å². The molecule has 1 atom stereocenters. The molecule has 1 aromatic rings. The van der Waals surface area contributed by atoms with Crippen molar-refractivity contribution in [1.29, 1.82) is 0 Å². The fourth-order valence-corrected chi connectivity index (χ4v) is 1.89. The molecule has 0 aromatic heterocycles. The number of carboxylic acid groups (broad SMARTS) is 1. The zero-order valence-electron chi connectivity index (χ0n) is 11.8. The summed E-state index contributed by atoms with van der Waals surface area (Å²) in [4.78, 5) is 22.7. The van der Waals surface area contributed by atoms with Gasteiger partial charge in [0.2, 0.25) is 5.91 Å². The first-order valence-electron chi connectivity index (χ1n) is 6.46. The smallest absolute Gasteiger partial charge is 0.326 e. The summed E-state index contributed by atoms with van der Waals surface area (Å²) < 4.78 is 13.0. The maximum absolute atomic E-state index is 13.0. The van der Waals surface area contributed by atoms with Crippen LogP contribution < -0.4 is 5.32 Å². The number of hydrogen-bond acceptors (Lipinski definition) is 2. The Hall–Kier alpha value is -1.88. The molecule has 0 heterocycles. The first-order valence-corrected chi connectivity index (χ1v) is 6.84. The second-order valence-electron chi connectivity index (χ2n) is 5.04. The van der Waals surface area contributed by atoms with Crippen LogP contribution in [0.3, 0.4) is 0 Å². The zero-order chi connectivity index (χ0) is 16.0. The van der Waals surface area contributed by atoms with Crippen LogP contribution in [0.4, 0.5) is 4.39 Å². The van der Waals surface area contributed by atoms with E-state index in [-0.39, 0.29) is 10.9 Å². The van der Waals surface area contributed by atoms with Crippen LogP contribution in [-0.2, 0) is 9.59 Å². The Kier molecular flexibility index (Phi) is 6.37. The van der Waals surface area contributed by atoms with E-state index in [1.807, 2.05) is 13.8 Å². The number of benzene rings is 1. The minimum Gasteiger partial charge on any atom is -0.480 e. The summed E-state index contributed by atoms with van der Waals surface area (Å²) in [6.07, 6.45) is 2.98. The molecule has 0 aliphatic rings. The van der Waals surface area contributed by atoms with Crippen LogP contribution in [0.25, 0.3) is 6.08 Å². The molecule has 1 aromatic carbocycles. The van der Waals surface area contributed by atoms with E-state index in [9.17, 15) is 14.0 Å². The SMILES string of the molecule is CC(C)C[C@@H](NC(=O)C=Cc1ccc(F)c(Cl)c1)C(=O)O. The molecule has 114 valence electrons. The number of carbonyl (C=O) groups excluding carboxylic acids is 1. The van der Waals surface area contributed by atoms with Crippen molar-refractivity contribution in [1.82, 2.24) is 5.32 Å². The fourth-order valence-electron chi connectivity index (χ4n) is 1.70. The summed E-state index contributed by atoms with van der Waals surface area (Å²) in [5, 5.41) is 11.4. The summed E-state index contributed by atoms with van der Waals surface area (Å²) in [6.45, 7) is 3.75. The molecule has 0 aliphatic carbocycles. The Morgan fingerprint density at radius 3 is 2.62 bits per heavy atom. The van der Waals surface area contributed by atoms with E-state index in [4.69, 9.17) is 16.7 Å².